The molecule has 2 aromatic carbocycles. The van der Waals surface area contributed by atoms with Gasteiger partial charge in [0.15, 0.2) is 0 Å². The first-order valence-corrected chi connectivity index (χ1v) is 6.92. The summed E-state index contributed by atoms with van der Waals surface area (Å²) in [5.41, 5.74) is 1.93. The van der Waals surface area contributed by atoms with E-state index in [0.717, 1.165) is 11.6 Å². The smallest absolute Gasteiger partial charge is 0.328 e. The summed E-state index contributed by atoms with van der Waals surface area (Å²) in [6.45, 7) is 0.534. The number of anilines is 1. The van der Waals surface area contributed by atoms with Crippen LogP contribution in [0.25, 0.3) is 6.08 Å². The van der Waals surface area contributed by atoms with Gasteiger partial charge >= 0.3 is 5.97 Å². The SMILES string of the molecule is CN(Cc1ccccc1)c1ccc(/C=C/C(=O)O)cc1[N+](=O)[O-]. The van der Waals surface area contributed by atoms with E-state index < -0.39 is 10.9 Å². The third kappa shape index (κ3) is 4.41. The summed E-state index contributed by atoms with van der Waals surface area (Å²) in [6.07, 6.45) is 2.28. The molecule has 2 aromatic rings. The summed E-state index contributed by atoms with van der Waals surface area (Å²) in [5.74, 6) is -1.10. The average Bonchev–Trinajstić information content (AvgIpc) is 2.53. The van der Waals surface area contributed by atoms with Gasteiger partial charge in [0.2, 0.25) is 0 Å². The number of carbonyl (C=O) groups is 1. The lowest BCUT2D eigenvalue weighted by atomic mass is 10.1. The van der Waals surface area contributed by atoms with Crippen molar-refractivity contribution in [2.45, 2.75) is 6.54 Å². The highest BCUT2D eigenvalue weighted by atomic mass is 16.6. The lowest BCUT2D eigenvalue weighted by molar-refractivity contribution is -0.384. The predicted molar refractivity (Wildman–Crippen MR) is 88.3 cm³/mol. The second kappa shape index (κ2) is 7.22. The Balaban J connectivity index is 2.30. The zero-order valence-electron chi connectivity index (χ0n) is 12.5. The van der Waals surface area contributed by atoms with Gasteiger partial charge in [0, 0.05) is 25.7 Å². The van der Waals surface area contributed by atoms with Crippen molar-refractivity contribution < 1.29 is 14.8 Å². The van der Waals surface area contributed by atoms with E-state index in [1.807, 2.05) is 30.3 Å². The van der Waals surface area contributed by atoms with Gasteiger partial charge in [-0.15, -0.1) is 0 Å². The van der Waals surface area contributed by atoms with Gasteiger partial charge in [-0.3, -0.25) is 10.1 Å². The van der Waals surface area contributed by atoms with Crippen LogP contribution < -0.4 is 4.90 Å². The number of carboxylic acid groups (broad SMARTS) is 1. The molecule has 0 heterocycles. The van der Waals surface area contributed by atoms with Crippen molar-refractivity contribution in [1.82, 2.24) is 0 Å². The van der Waals surface area contributed by atoms with Crippen LogP contribution in [0.15, 0.2) is 54.6 Å². The maximum atomic E-state index is 11.3. The number of nitrogens with zero attached hydrogens (tertiary/aromatic N) is 2. The molecule has 118 valence electrons. The molecule has 0 aliphatic rings. The molecule has 0 aromatic heterocycles. The van der Waals surface area contributed by atoms with E-state index in [9.17, 15) is 14.9 Å². The minimum absolute atomic E-state index is 0.0593. The van der Waals surface area contributed by atoms with Crippen LogP contribution in [0.5, 0.6) is 0 Å². The lowest BCUT2D eigenvalue weighted by Crippen LogP contribution is -2.17. The zero-order valence-corrected chi connectivity index (χ0v) is 12.5. The van der Waals surface area contributed by atoms with Gasteiger partial charge < -0.3 is 10.0 Å². The first kappa shape index (κ1) is 16.2. The van der Waals surface area contributed by atoms with E-state index in [0.29, 0.717) is 17.8 Å². The summed E-state index contributed by atoms with van der Waals surface area (Å²) < 4.78 is 0. The van der Waals surface area contributed by atoms with Gasteiger partial charge in [0.1, 0.15) is 5.69 Å². The van der Waals surface area contributed by atoms with Crippen molar-refractivity contribution in [1.29, 1.82) is 0 Å². The van der Waals surface area contributed by atoms with Gasteiger partial charge in [0.25, 0.3) is 5.69 Å². The predicted octanol–water partition coefficient (Wildman–Crippen LogP) is 3.33. The first-order chi connectivity index (χ1) is 11.0. The third-order valence-electron chi connectivity index (χ3n) is 3.29. The summed E-state index contributed by atoms with van der Waals surface area (Å²) in [4.78, 5) is 23.2. The summed E-state index contributed by atoms with van der Waals surface area (Å²) in [5, 5.41) is 19.9. The summed E-state index contributed by atoms with van der Waals surface area (Å²) in [6, 6.07) is 14.3. The summed E-state index contributed by atoms with van der Waals surface area (Å²) >= 11 is 0. The highest BCUT2D eigenvalue weighted by Gasteiger charge is 2.17. The Morgan fingerprint density at radius 1 is 1.26 bits per heavy atom. The molecule has 6 heteroatoms. The molecule has 6 nitrogen and oxygen atoms in total. The van der Waals surface area contributed by atoms with Gasteiger partial charge in [-0.05, 0) is 23.3 Å². The Hall–Kier alpha value is -3.15. The molecule has 0 spiro atoms. The van der Waals surface area contributed by atoms with Gasteiger partial charge in [-0.1, -0.05) is 36.4 Å². The standard InChI is InChI=1S/C17H16N2O4/c1-18(12-14-5-3-2-4-6-14)15-9-7-13(8-10-17(20)21)11-16(15)19(22)23/h2-11H,12H2,1H3,(H,20,21)/b10-8+. The quantitative estimate of drug-likeness (QED) is 0.502. The highest BCUT2D eigenvalue weighted by molar-refractivity contribution is 5.85. The number of rotatable bonds is 6. The van der Waals surface area contributed by atoms with Crippen molar-refractivity contribution >= 4 is 23.4 Å². The zero-order chi connectivity index (χ0) is 16.8. The Bertz CT molecular complexity index is 742. The lowest BCUT2D eigenvalue weighted by Gasteiger charge is -2.19. The van der Waals surface area contributed by atoms with E-state index in [2.05, 4.69) is 0 Å². The number of carboxylic acids is 1. The van der Waals surface area contributed by atoms with E-state index in [-0.39, 0.29) is 5.69 Å². The molecule has 23 heavy (non-hydrogen) atoms. The van der Waals surface area contributed by atoms with Gasteiger partial charge in [-0.25, -0.2) is 4.79 Å². The molecule has 0 atom stereocenters. The molecule has 0 radical (unpaired) electrons. The maximum absolute atomic E-state index is 11.3. The van der Waals surface area contributed by atoms with Crippen LogP contribution in [-0.2, 0) is 11.3 Å². The van der Waals surface area contributed by atoms with Crippen molar-refractivity contribution in [2.75, 3.05) is 11.9 Å². The van der Waals surface area contributed by atoms with Crippen LogP contribution in [0.2, 0.25) is 0 Å². The van der Waals surface area contributed by atoms with Crippen LogP contribution >= 0.6 is 0 Å². The largest absolute Gasteiger partial charge is 0.478 e. The van der Waals surface area contributed by atoms with Crippen LogP contribution in [-0.4, -0.2) is 23.0 Å². The number of hydrogen-bond acceptors (Lipinski definition) is 4. The molecule has 0 unspecified atom stereocenters. The number of nitro benzene ring substituents is 1. The molecule has 0 amide bonds. The number of aliphatic carboxylic acids is 1. The Morgan fingerprint density at radius 2 is 1.96 bits per heavy atom. The second-order valence-electron chi connectivity index (χ2n) is 5.02. The molecule has 0 aliphatic carbocycles. The first-order valence-electron chi connectivity index (χ1n) is 6.92. The third-order valence-corrected chi connectivity index (χ3v) is 3.29. The normalized spacial score (nSPS) is 10.7. The second-order valence-corrected chi connectivity index (χ2v) is 5.02. The molecular formula is C17H16N2O4. The van der Waals surface area contributed by atoms with Crippen molar-refractivity contribution in [3.63, 3.8) is 0 Å². The van der Waals surface area contributed by atoms with Gasteiger partial charge in [-0.2, -0.15) is 0 Å². The maximum Gasteiger partial charge on any atom is 0.328 e. The Labute approximate surface area is 133 Å². The van der Waals surface area contributed by atoms with E-state index >= 15 is 0 Å². The minimum atomic E-state index is -1.10. The summed E-state index contributed by atoms with van der Waals surface area (Å²) in [7, 11) is 1.78. The van der Waals surface area contributed by atoms with E-state index in [4.69, 9.17) is 5.11 Å². The molecule has 0 fully saturated rings. The molecule has 0 saturated heterocycles. The van der Waals surface area contributed by atoms with Crippen LogP contribution in [0.1, 0.15) is 11.1 Å². The van der Waals surface area contributed by atoms with Crippen molar-refractivity contribution in [2.24, 2.45) is 0 Å². The van der Waals surface area contributed by atoms with Crippen LogP contribution in [0, 0.1) is 10.1 Å². The fraction of sp³-hybridized carbons (Fsp3) is 0.118. The molecule has 0 aliphatic heterocycles. The Morgan fingerprint density at radius 3 is 2.57 bits per heavy atom. The van der Waals surface area contributed by atoms with Crippen molar-refractivity contribution in [3.05, 3.63) is 75.8 Å². The molecule has 0 saturated carbocycles. The van der Waals surface area contributed by atoms with Crippen LogP contribution in [0.3, 0.4) is 0 Å². The monoisotopic (exact) mass is 312 g/mol. The van der Waals surface area contributed by atoms with Crippen molar-refractivity contribution in [3.8, 4) is 0 Å². The molecule has 0 bridgehead atoms. The number of nitro groups is 1. The highest BCUT2D eigenvalue weighted by Crippen LogP contribution is 2.29. The van der Waals surface area contributed by atoms with E-state index in [1.165, 1.54) is 12.1 Å². The molecule has 2 rings (SSSR count). The Kier molecular flexibility index (Phi) is 5.09. The topological polar surface area (TPSA) is 83.7 Å². The number of hydrogen-bond donors (Lipinski definition) is 1. The molecular weight excluding hydrogens is 296 g/mol. The minimum Gasteiger partial charge on any atom is -0.478 e. The van der Waals surface area contributed by atoms with E-state index in [1.54, 1.807) is 24.1 Å². The number of benzene rings is 2. The fourth-order valence-electron chi connectivity index (χ4n) is 2.22. The van der Waals surface area contributed by atoms with Gasteiger partial charge in [0.05, 0.1) is 4.92 Å². The fourth-order valence-corrected chi connectivity index (χ4v) is 2.22. The van der Waals surface area contributed by atoms with Crippen LogP contribution in [0.4, 0.5) is 11.4 Å². The average molecular weight is 312 g/mol. The molecule has 1 N–H and O–H groups in total.